The lowest BCUT2D eigenvalue weighted by Gasteiger charge is -2.31. The lowest BCUT2D eigenvalue weighted by atomic mass is 9.99. The molecule has 0 spiro atoms. The molecule has 1 aliphatic rings. The van der Waals surface area contributed by atoms with E-state index in [1.54, 1.807) is 26.4 Å². The Bertz CT molecular complexity index is 814. The van der Waals surface area contributed by atoms with Gasteiger partial charge in [-0.05, 0) is 60.1 Å². The van der Waals surface area contributed by atoms with Crippen molar-refractivity contribution in [3.05, 3.63) is 51.5 Å². The second-order valence-electron chi connectivity index (χ2n) is 5.70. The van der Waals surface area contributed by atoms with Crippen molar-refractivity contribution in [1.29, 1.82) is 0 Å². The molecule has 132 valence electrons. The van der Waals surface area contributed by atoms with Gasteiger partial charge >= 0.3 is 0 Å². The molecule has 1 aliphatic heterocycles. The van der Waals surface area contributed by atoms with Gasteiger partial charge in [-0.2, -0.15) is 0 Å². The summed E-state index contributed by atoms with van der Waals surface area (Å²) >= 11 is 17.7. The third kappa shape index (κ3) is 3.94. The Balaban J connectivity index is 1.76. The van der Waals surface area contributed by atoms with Gasteiger partial charge in [0.2, 0.25) is 0 Å². The molecule has 1 N–H and O–H groups in total. The minimum atomic E-state index is 0.540. The van der Waals surface area contributed by atoms with Crippen LogP contribution in [0.5, 0.6) is 11.5 Å². The largest absolute Gasteiger partial charge is 0.493 e. The number of ether oxygens (including phenoxy) is 2. The van der Waals surface area contributed by atoms with Gasteiger partial charge in [0.15, 0.2) is 16.6 Å². The Kier molecular flexibility index (Phi) is 5.57. The lowest BCUT2D eigenvalue weighted by Crippen LogP contribution is -2.38. The highest BCUT2D eigenvalue weighted by Crippen LogP contribution is 2.33. The first kappa shape index (κ1) is 18.1. The number of thiocarbonyl (C=S) groups is 1. The zero-order chi connectivity index (χ0) is 18.0. The second kappa shape index (κ2) is 7.68. The maximum absolute atomic E-state index is 6.21. The van der Waals surface area contributed by atoms with Gasteiger partial charge in [0, 0.05) is 18.1 Å². The van der Waals surface area contributed by atoms with E-state index in [1.807, 2.05) is 18.2 Å². The second-order valence-corrected chi connectivity index (χ2v) is 6.93. The van der Waals surface area contributed by atoms with Crippen LogP contribution in [0.25, 0.3) is 0 Å². The Hall–Kier alpha value is -1.69. The number of rotatable bonds is 3. The Morgan fingerprint density at radius 1 is 1.08 bits per heavy atom. The van der Waals surface area contributed by atoms with Crippen molar-refractivity contribution in [3.63, 3.8) is 0 Å². The van der Waals surface area contributed by atoms with Crippen LogP contribution in [0, 0.1) is 0 Å². The number of halogens is 2. The van der Waals surface area contributed by atoms with E-state index in [-0.39, 0.29) is 0 Å². The van der Waals surface area contributed by atoms with E-state index < -0.39 is 0 Å². The molecule has 0 unspecified atom stereocenters. The summed E-state index contributed by atoms with van der Waals surface area (Å²) in [6, 6.07) is 9.34. The van der Waals surface area contributed by atoms with E-state index in [0.29, 0.717) is 21.7 Å². The number of anilines is 1. The van der Waals surface area contributed by atoms with Crippen LogP contribution in [-0.2, 0) is 13.0 Å². The van der Waals surface area contributed by atoms with Crippen LogP contribution >= 0.6 is 35.4 Å². The number of benzene rings is 2. The lowest BCUT2D eigenvalue weighted by molar-refractivity contribution is 0.348. The number of hydrogen-bond acceptors (Lipinski definition) is 3. The summed E-state index contributed by atoms with van der Waals surface area (Å²) in [4.78, 5) is 2.11. The van der Waals surface area contributed by atoms with Gasteiger partial charge in [-0.15, -0.1) is 0 Å². The average molecular weight is 397 g/mol. The highest BCUT2D eigenvalue weighted by molar-refractivity contribution is 7.80. The van der Waals surface area contributed by atoms with Gasteiger partial charge in [-0.3, -0.25) is 0 Å². The van der Waals surface area contributed by atoms with E-state index >= 15 is 0 Å². The predicted octanol–water partition coefficient (Wildman–Crippen LogP) is 4.77. The van der Waals surface area contributed by atoms with Gasteiger partial charge in [0.05, 0.1) is 24.9 Å². The molecule has 0 atom stereocenters. The molecular formula is C18H18Cl2N2O2S. The molecule has 0 fully saturated rings. The highest BCUT2D eigenvalue weighted by atomic mass is 35.5. The minimum Gasteiger partial charge on any atom is -0.493 e. The molecule has 2 aromatic rings. The number of nitrogens with zero attached hydrogens (tertiary/aromatic N) is 1. The van der Waals surface area contributed by atoms with Crippen LogP contribution in [0.15, 0.2) is 30.3 Å². The van der Waals surface area contributed by atoms with Crippen molar-refractivity contribution >= 4 is 46.2 Å². The number of methoxy groups -OCH3 is 2. The molecule has 1 heterocycles. The molecule has 7 heteroatoms. The van der Waals surface area contributed by atoms with Gasteiger partial charge in [-0.25, -0.2) is 0 Å². The van der Waals surface area contributed by atoms with Gasteiger partial charge in [0.1, 0.15) is 0 Å². The van der Waals surface area contributed by atoms with Crippen LogP contribution in [0.3, 0.4) is 0 Å². The molecule has 0 aliphatic carbocycles. The molecule has 0 amide bonds. The quantitative estimate of drug-likeness (QED) is 0.755. The monoisotopic (exact) mass is 396 g/mol. The molecule has 25 heavy (non-hydrogen) atoms. The van der Waals surface area contributed by atoms with Crippen molar-refractivity contribution in [1.82, 2.24) is 4.90 Å². The van der Waals surface area contributed by atoms with E-state index in [2.05, 4.69) is 10.2 Å². The maximum Gasteiger partial charge on any atom is 0.173 e. The summed E-state index contributed by atoms with van der Waals surface area (Å²) in [6.07, 6.45) is 0.881. The first-order chi connectivity index (χ1) is 12.0. The molecule has 4 nitrogen and oxygen atoms in total. The van der Waals surface area contributed by atoms with Crippen molar-refractivity contribution in [2.24, 2.45) is 0 Å². The summed E-state index contributed by atoms with van der Waals surface area (Å²) in [5.74, 6) is 1.48. The molecule has 0 bridgehead atoms. The number of nitrogens with one attached hydrogen (secondary N) is 1. The SMILES string of the molecule is COc1cc2c(cc1OC)CN(C(=S)Nc1ccc(Cl)cc1Cl)CC2. The van der Waals surface area contributed by atoms with Crippen molar-refractivity contribution in [2.75, 3.05) is 26.1 Å². The van der Waals surface area contributed by atoms with E-state index in [9.17, 15) is 0 Å². The molecule has 0 radical (unpaired) electrons. The fourth-order valence-electron chi connectivity index (χ4n) is 2.84. The fourth-order valence-corrected chi connectivity index (χ4v) is 3.56. The molecule has 2 aromatic carbocycles. The third-order valence-corrected chi connectivity index (χ3v) is 5.09. The van der Waals surface area contributed by atoms with Crippen LogP contribution in [0.1, 0.15) is 11.1 Å². The standard InChI is InChI=1S/C18H18Cl2N2O2S/c1-23-16-7-11-5-6-22(10-12(11)8-17(16)24-2)18(25)21-15-4-3-13(19)9-14(15)20/h3-4,7-9H,5-6,10H2,1-2H3,(H,21,25). The zero-order valence-electron chi connectivity index (χ0n) is 13.9. The first-order valence-electron chi connectivity index (χ1n) is 7.76. The van der Waals surface area contributed by atoms with Crippen LogP contribution in [0.4, 0.5) is 5.69 Å². The maximum atomic E-state index is 6.21. The molecule has 0 saturated heterocycles. The predicted molar refractivity (Wildman–Crippen MR) is 106 cm³/mol. The summed E-state index contributed by atoms with van der Waals surface area (Å²) < 4.78 is 10.8. The van der Waals surface area contributed by atoms with Crippen molar-refractivity contribution in [2.45, 2.75) is 13.0 Å². The van der Waals surface area contributed by atoms with E-state index in [4.69, 9.17) is 44.9 Å². The van der Waals surface area contributed by atoms with Gasteiger partial charge in [-0.1, -0.05) is 23.2 Å². The molecular weight excluding hydrogens is 379 g/mol. The smallest absolute Gasteiger partial charge is 0.173 e. The van der Waals surface area contributed by atoms with Crippen LogP contribution in [0.2, 0.25) is 10.0 Å². The van der Waals surface area contributed by atoms with Crippen LogP contribution in [-0.4, -0.2) is 30.8 Å². The number of fused-ring (bicyclic) bond motifs is 1. The summed E-state index contributed by atoms with van der Waals surface area (Å²) in [6.45, 7) is 1.52. The Morgan fingerprint density at radius 2 is 1.76 bits per heavy atom. The number of hydrogen-bond donors (Lipinski definition) is 1. The van der Waals surface area contributed by atoms with E-state index in [1.165, 1.54) is 11.1 Å². The topological polar surface area (TPSA) is 33.7 Å². The summed E-state index contributed by atoms with van der Waals surface area (Å²) in [5.41, 5.74) is 3.17. The zero-order valence-corrected chi connectivity index (χ0v) is 16.3. The van der Waals surface area contributed by atoms with Crippen LogP contribution < -0.4 is 14.8 Å². The highest BCUT2D eigenvalue weighted by Gasteiger charge is 2.21. The Labute approximate surface area is 162 Å². The normalized spacial score (nSPS) is 13.2. The average Bonchev–Trinajstić information content (AvgIpc) is 2.62. The molecule has 3 rings (SSSR count). The fraction of sp³-hybridized carbons (Fsp3) is 0.278. The molecule has 0 saturated carbocycles. The van der Waals surface area contributed by atoms with Crippen molar-refractivity contribution in [3.8, 4) is 11.5 Å². The van der Waals surface area contributed by atoms with E-state index in [0.717, 1.165) is 30.2 Å². The minimum absolute atomic E-state index is 0.540. The van der Waals surface area contributed by atoms with Crippen molar-refractivity contribution < 1.29 is 9.47 Å². The van der Waals surface area contributed by atoms with Gasteiger partial charge in [0.25, 0.3) is 0 Å². The summed E-state index contributed by atoms with van der Waals surface area (Å²) in [5, 5.41) is 4.96. The third-order valence-electron chi connectivity index (χ3n) is 4.18. The van der Waals surface area contributed by atoms with Gasteiger partial charge < -0.3 is 19.7 Å². The Morgan fingerprint density at radius 3 is 2.40 bits per heavy atom. The summed E-state index contributed by atoms with van der Waals surface area (Å²) in [7, 11) is 3.29. The first-order valence-corrected chi connectivity index (χ1v) is 8.93. The molecule has 0 aromatic heterocycles.